The summed E-state index contributed by atoms with van der Waals surface area (Å²) >= 11 is 0. The summed E-state index contributed by atoms with van der Waals surface area (Å²) < 4.78 is 16.4. The number of nitrogens with zero attached hydrogens (tertiary/aromatic N) is 1. The first-order valence-corrected chi connectivity index (χ1v) is 9.48. The molecule has 0 saturated carbocycles. The number of carbonyl (C=O) groups is 1. The minimum atomic E-state index is -0.264. The SMILES string of the molecule is O=C(CNc1ccc2c(c1)OCO2)N/N=C/c1cccc(OCc2ccccc2)c1. The van der Waals surface area contributed by atoms with Crippen LogP contribution >= 0.6 is 0 Å². The third-order valence-electron chi connectivity index (χ3n) is 4.33. The van der Waals surface area contributed by atoms with Crippen LogP contribution in [0.2, 0.25) is 0 Å². The van der Waals surface area contributed by atoms with Crippen molar-refractivity contribution in [3.63, 3.8) is 0 Å². The van der Waals surface area contributed by atoms with Crippen molar-refractivity contribution in [2.24, 2.45) is 5.10 Å². The van der Waals surface area contributed by atoms with Gasteiger partial charge in [0.1, 0.15) is 12.4 Å². The highest BCUT2D eigenvalue weighted by molar-refractivity contribution is 5.84. The van der Waals surface area contributed by atoms with Gasteiger partial charge in [0, 0.05) is 11.8 Å². The van der Waals surface area contributed by atoms with Gasteiger partial charge >= 0.3 is 0 Å². The summed E-state index contributed by atoms with van der Waals surface area (Å²) in [6.07, 6.45) is 1.58. The molecule has 1 aliphatic heterocycles. The molecule has 1 amide bonds. The predicted molar refractivity (Wildman–Crippen MR) is 114 cm³/mol. The maximum Gasteiger partial charge on any atom is 0.259 e. The van der Waals surface area contributed by atoms with Crippen LogP contribution in [-0.2, 0) is 11.4 Å². The van der Waals surface area contributed by atoms with Crippen LogP contribution in [0.3, 0.4) is 0 Å². The zero-order chi connectivity index (χ0) is 20.6. The number of fused-ring (bicyclic) bond motifs is 1. The van der Waals surface area contributed by atoms with Gasteiger partial charge in [-0.15, -0.1) is 0 Å². The summed E-state index contributed by atoms with van der Waals surface area (Å²) in [5.41, 5.74) is 5.19. The Hall–Kier alpha value is -4.00. The molecule has 30 heavy (non-hydrogen) atoms. The van der Waals surface area contributed by atoms with E-state index in [4.69, 9.17) is 14.2 Å². The monoisotopic (exact) mass is 403 g/mol. The molecule has 0 fully saturated rings. The minimum absolute atomic E-state index is 0.0806. The number of carbonyl (C=O) groups excluding carboxylic acids is 1. The fourth-order valence-electron chi connectivity index (χ4n) is 2.83. The number of hydrazone groups is 1. The second-order valence-electron chi connectivity index (χ2n) is 6.56. The number of benzene rings is 3. The van der Waals surface area contributed by atoms with Crippen LogP contribution in [0.5, 0.6) is 17.2 Å². The Morgan fingerprint density at radius 3 is 2.77 bits per heavy atom. The van der Waals surface area contributed by atoms with E-state index in [1.54, 1.807) is 18.3 Å². The summed E-state index contributed by atoms with van der Waals surface area (Å²) in [7, 11) is 0. The standard InChI is InChI=1S/C23H21N3O4/c27-23(14-24-19-9-10-21-22(12-19)30-16-29-21)26-25-13-18-7-4-8-20(11-18)28-15-17-5-2-1-3-6-17/h1-13,24H,14-16H2,(H,26,27)/b25-13+. The van der Waals surface area contributed by atoms with Crippen molar-refractivity contribution in [3.8, 4) is 17.2 Å². The second-order valence-corrected chi connectivity index (χ2v) is 6.56. The van der Waals surface area contributed by atoms with Gasteiger partial charge in [-0.1, -0.05) is 42.5 Å². The molecule has 1 heterocycles. The lowest BCUT2D eigenvalue weighted by atomic mass is 10.2. The Bertz CT molecular complexity index is 1040. The molecule has 2 N–H and O–H groups in total. The molecular weight excluding hydrogens is 382 g/mol. The van der Waals surface area contributed by atoms with Gasteiger partial charge in [0.15, 0.2) is 11.5 Å². The van der Waals surface area contributed by atoms with Crippen molar-refractivity contribution in [2.75, 3.05) is 18.7 Å². The van der Waals surface area contributed by atoms with Crippen molar-refractivity contribution >= 4 is 17.8 Å². The number of rotatable bonds is 8. The van der Waals surface area contributed by atoms with Gasteiger partial charge in [-0.3, -0.25) is 4.79 Å². The highest BCUT2D eigenvalue weighted by Gasteiger charge is 2.13. The molecule has 0 aliphatic carbocycles. The molecule has 1 aliphatic rings. The maximum absolute atomic E-state index is 12.0. The first-order valence-electron chi connectivity index (χ1n) is 9.48. The molecular formula is C23H21N3O4. The lowest BCUT2D eigenvalue weighted by molar-refractivity contribution is -0.119. The molecule has 7 heteroatoms. The van der Waals surface area contributed by atoms with E-state index in [9.17, 15) is 4.79 Å². The van der Waals surface area contributed by atoms with E-state index in [1.807, 2.05) is 60.7 Å². The highest BCUT2D eigenvalue weighted by Crippen LogP contribution is 2.34. The zero-order valence-corrected chi connectivity index (χ0v) is 16.2. The van der Waals surface area contributed by atoms with Crippen molar-refractivity contribution in [2.45, 2.75) is 6.61 Å². The van der Waals surface area contributed by atoms with Crippen molar-refractivity contribution < 1.29 is 19.0 Å². The summed E-state index contributed by atoms with van der Waals surface area (Å²) in [4.78, 5) is 12.0. The number of ether oxygens (including phenoxy) is 3. The van der Waals surface area contributed by atoms with Crippen LogP contribution in [0, 0.1) is 0 Å². The second kappa shape index (κ2) is 9.47. The Balaban J connectivity index is 1.24. The number of amides is 1. The van der Waals surface area contributed by atoms with Crippen molar-refractivity contribution in [1.29, 1.82) is 0 Å². The zero-order valence-electron chi connectivity index (χ0n) is 16.2. The van der Waals surface area contributed by atoms with Gasteiger partial charge in [0.2, 0.25) is 6.79 Å². The van der Waals surface area contributed by atoms with E-state index >= 15 is 0 Å². The van der Waals surface area contributed by atoms with E-state index < -0.39 is 0 Å². The van der Waals surface area contributed by atoms with Crippen molar-refractivity contribution in [1.82, 2.24) is 5.43 Å². The van der Waals surface area contributed by atoms with Crippen LogP contribution < -0.4 is 25.0 Å². The fraction of sp³-hybridized carbons (Fsp3) is 0.130. The largest absolute Gasteiger partial charge is 0.489 e. The predicted octanol–water partition coefficient (Wildman–Crippen LogP) is 3.56. The minimum Gasteiger partial charge on any atom is -0.489 e. The van der Waals surface area contributed by atoms with Crippen LogP contribution in [0.4, 0.5) is 5.69 Å². The summed E-state index contributed by atoms with van der Waals surface area (Å²) in [6.45, 7) is 0.785. The number of hydrogen-bond acceptors (Lipinski definition) is 6. The summed E-state index contributed by atoms with van der Waals surface area (Å²) in [5, 5.41) is 7.03. The third kappa shape index (κ3) is 5.29. The summed E-state index contributed by atoms with van der Waals surface area (Å²) in [6, 6.07) is 22.9. The van der Waals surface area contributed by atoms with E-state index in [1.165, 1.54) is 0 Å². The molecule has 0 aromatic heterocycles. The van der Waals surface area contributed by atoms with Crippen LogP contribution in [-0.4, -0.2) is 25.5 Å². The Morgan fingerprint density at radius 2 is 1.87 bits per heavy atom. The topological polar surface area (TPSA) is 81.2 Å². The van der Waals surface area contributed by atoms with E-state index in [2.05, 4.69) is 15.8 Å². The Kier molecular flexibility index (Phi) is 6.10. The maximum atomic E-state index is 12.0. The Morgan fingerprint density at radius 1 is 1.00 bits per heavy atom. The van der Waals surface area contributed by atoms with Crippen molar-refractivity contribution in [3.05, 3.63) is 83.9 Å². The Labute approximate surface area is 174 Å². The highest BCUT2D eigenvalue weighted by atomic mass is 16.7. The molecule has 0 radical (unpaired) electrons. The molecule has 0 saturated heterocycles. The first-order chi connectivity index (χ1) is 14.8. The lowest BCUT2D eigenvalue weighted by Gasteiger charge is -2.07. The molecule has 3 aromatic carbocycles. The van der Waals surface area contributed by atoms with Gasteiger partial charge in [-0.2, -0.15) is 5.10 Å². The van der Waals surface area contributed by atoms with Gasteiger partial charge in [-0.05, 0) is 35.4 Å². The van der Waals surface area contributed by atoms with Crippen LogP contribution in [0.15, 0.2) is 77.9 Å². The van der Waals surface area contributed by atoms with E-state index in [0.717, 1.165) is 22.6 Å². The first kappa shape index (κ1) is 19.3. The van der Waals surface area contributed by atoms with Crippen LogP contribution in [0.1, 0.15) is 11.1 Å². The molecule has 4 rings (SSSR count). The molecule has 0 atom stereocenters. The number of hydrogen-bond donors (Lipinski definition) is 2. The van der Waals surface area contributed by atoms with Gasteiger partial charge in [0.05, 0.1) is 12.8 Å². The van der Waals surface area contributed by atoms with E-state index in [-0.39, 0.29) is 19.2 Å². The third-order valence-corrected chi connectivity index (χ3v) is 4.33. The normalized spacial score (nSPS) is 12.0. The summed E-state index contributed by atoms with van der Waals surface area (Å²) in [5.74, 6) is 1.83. The fourth-order valence-corrected chi connectivity index (χ4v) is 2.83. The van der Waals surface area contributed by atoms with Crippen LogP contribution in [0.25, 0.3) is 0 Å². The quantitative estimate of drug-likeness (QED) is 0.444. The van der Waals surface area contributed by atoms with Gasteiger partial charge in [0.25, 0.3) is 5.91 Å². The lowest BCUT2D eigenvalue weighted by Crippen LogP contribution is -2.25. The number of anilines is 1. The molecule has 7 nitrogen and oxygen atoms in total. The molecule has 3 aromatic rings. The smallest absolute Gasteiger partial charge is 0.259 e. The average molecular weight is 403 g/mol. The molecule has 0 bridgehead atoms. The van der Waals surface area contributed by atoms with E-state index in [0.29, 0.717) is 18.1 Å². The average Bonchev–Trinajstić information content (AvgIpc) is 3.25. The number of nitrogens with one attached hydrogen (secondary N) is 2. The molecule has 0 unspecified atom stereocenters. The molecule has 152 valence electrons. The van der Waals surface area contributed by atoms with Gasteiger partial charge < -0.3 is 19.5 Å². The van der Waals surface area contributed by atoms with Gasteiger partial charge in [-0.25, -0.2) is 5.43 Å². The molecule has 0 spiro atoms.